The fourth-order valence-corrected chi connectivity index (χ4v) is 3.49. The number of halogens is 1. The molecule has 0 fully saturated rings. The monoisotopic (exact) mass is 296 g/mol. The molecule has 0 saturated heterocycles. The molecule has 2 aromatic carbocycles. The summed E-state index contributed by atoms with van der Waals surface area (Å²) in [6.45, 7) is 2.53. The van der Waals surface area contributed by atoms with Gasteiger partial charge >= 0.3 is 0 Å². The summed E-state index contributed by atoms with van der Waals surface area (Å²) in [5, 5.41) is 0. The Kier molecular flexibility index (Phi) is 3.10. The Hall–Kier alpha value is -2.36. The van der Waals surface area contributed by atoms with E-state index in [1.165, 1.54) is 23.4 Å². The molecule has 4 rings (SSSR count). The van der Waals surface area contributed by atoms with Crippen molar-refractivity contribution in [3.8, 4) is 0 Å². The summed E-state index contributed by atoms with van der Waals surface area (Å²) in [5.41, 5.74) is 3.85. The molecule has 0 atom stereocenters. The van der Waals surface area contributed by atoms with E-state index in [9.17, 15) is 9.18 Å². The lowest BCUT2D eigenvalue weighted by Gasteiger charge is -2.41. The molecular weight excluding hydrogens is 279 g/mol. The van der Waals surface area contributed by atoms with Crippen molar-refractivity contribution in [2.75, 3.05) is 29.4 Å². The van der Waals surface area contributed by atoms with Gasteiger partial charge in [-0.15, -0.1) is 0 Å². The standard InChI is InChI=1S/C18H17FN2O/c19-15-7-1-5-14(12-15)18(22)21-11-10-20-9-3-6-13-4-2-8-16(21)17(13)20/h1-2,4-5,7-8,12H,3,6,9-11H2. The lowest BCUT2D eigenvalue weighted by molar-refractivity contribution is 0.0986. The second-order valence-electron chi connectivity index (χ2n) is 5.84. The van der Waals surface area contributed by atoms with Gasteiger partial charge in [-0.2, -0.15) is 0 Å². The van der Waals surface area contributed by atoms with E-state index in [1.54, 1.807) is 17.0 Å². The smallest absolute Gasteiger partial charge is 0.258 e. The molecule has 0 aromatic heterocycles. The topological polar surface area (TPSA) is 23.6 Å². The Morgan fingerprint density at radius 2 is 1.91 bits per heavy atom. The van der Waals surface area contributed by atoms with E-state index in [-0.39, 0.29) is 11.7 Å². The first-order valence-corrected chi connectivity index (χ1v) is 7.68. The SMILES string of the molecule is O=C(c1cccc(F)c1)N1CCN2CCCc3cccc1c32. The summed E-state index contributed by atoms with van der Waals surface area (Å²) < 4.78 is 13.4. The number of nitrogens with zero attached hydrogens (tertiary/aromatic N) is 2. The number of para-hydroxylation sites is 1. The average molecular weight is 296 g/mol. The van der Waals surface area contributed by atoms with Crippen LogP contribution in [0.3, 0.4) is 0 Å². The van der Waals surface area contributed by atoms with Crippen molar-refractivity contribution in [2.45, 2.75) is 12.8 Å². The van der Waals surface area contributed by atoms with Crippen LogP contribution in [0.25, 0.3) is 0 Å². The number of amides is 1. The van der Waals surface area contributed by atoms with Gasteiger partial charge in [-0.1, -0.05) is 18.2 Å². The molecule has 0 unspecified atom stereocenters. The second-order valence-corrected chi connectivity index (χ2v) is 5.84. The van der Waals surface area contributed by atoms with E-state index in [4.69, 9.17) is 0 Å². The number of rotatable bonds is 1. The molecular formula is C18H17FN2O. The summed E-state index contributed by atoms with van der Waals surface area (Å²) in [5.74, 6) is -0.502. The van der Waals surface area contributed by atoms with Gasteiger partial charge in [0, 0.05) is 25.2 Å². The molecule has 2 heterocycles. The van der Waals surface area contributed by atoms with Crippen LogP contribution in [-0.2, 0) is 6.42 Å². The van der Waals surface area contributed by atoms with Gasteiger partial charge < -0.3 is 9.80 Å². The largest absolute Gasteiger partial charge is 0.368 e. The lowest BCUT2D eigenvalue weighted by atomic mass is 9.97. The summed E-state index contributed by atoms with van der Waals surface area (Å²) in [6.07, 6.45) is 2.22. The first-order chi connectivity index (χ1) is 10.7. The Bertz CT molecular complexity index is 744. The van der Waals surface area contributed by atoms with Gasteiger partial charge in [0.15, 0.2) is 0 Å². The first kappa shape index (κ1) is 13.3. The number of hydrogen-bond acceptors (Lipinski definition) is 2. The highest BCUT2D eigenvalue weighted by Crippen LogP contribution is 2.39. The fourth-order valence-electron chi connectivity index (χ4n) is 3.49. The number of benzene rings is 2. The fraction of sp³-hybridized carbons (Fsp3) is 0.278. The number of carbonyl (C=O) groups excluding carboxylic acids is 1. The van der Waals surface area contributed by atoms with Crippen molar-refractivity contribution >= 4 is 17.3 Å². The van der Waals surface area contributed by atoms with Crippen LogP contribution < -0.4 is 9.80 Å². The van der Waals surface area contributed by atoms with E-state index >= 15 is 0 Å². The van der Waals surface area contributed by atoms with Crippen LogP contribution in [0.15, 0.2) is 42.5 Å². The third kappa shape index (κ3) is 2.06. The maximum absolute atomic E-state index is 13.4. The highest BCUT2D eigenvalue weighted by atomic mass is 19.1. The van der Waals surface area contributed by atoms with Gasteiger partial charge in [-0.3, -0.25) is 4.79 Å². The zero-order valence-corrected chi connectivity index (χ0v) is 12.3. The maximum atomic E-state index is 13.4. The normalized spacial score (nSPS) is 16.4. The summed E-state index contributed by atoms with van der Waals surface area (Å²) in [7, 11) is 0. The minimum atomic E-state index is -0.375. The van der Waals surface area contributed by atoms with Gasteiger partial charge in [0.05, 0.1) is 11.4 Å². The third-order valence-electron chi connectivity index (χ3n) is 4.49. The molecule has 4 heteroatoms. The molecule has 0 radical (unpaired) electrons. The van der Waals surface area contributed by atoms with Crippen LogP contribution in [0.4, 0.5) is 15.8 Å². The van der Waals surface area contributed by atoms with Crippen LogP contribution in [0.5, 0.6) is 0 Å². The minimum absolute atomic E-state index is 0.127. The van der Waals surface area contributed by atoms with Crippen LogP contribution >= 0.6 is 0 Å². The molecule has 2 aromatic rings. The van der Waals surface area contributed by atoms with Crippen LogP contribution in [0, 0.1) is 5.82 Å². The van der Waals surface area contributed by atoms with E-state index in [2.05, 4.69) is 11.0 Å². The van der Waals surface area contributed by atoms with E-state index in [1.807, 2.05) is 12.1 Å². The molecule has 2 aliphatic heterocycles. The third-order valence-corrected chi connectivity index (χ3v) is 4.49. The van der Waals surface area contributed by atoms with Crippen molar-refractivity contribution < 1.29 is 9.18 Å². The molecule has 0 aliphatic carbocycles. The van der Waals surface area contributed by atoms with Crippen LogP contribution in [-0.4, -0.2) is 25.5 Å². The highest BCUT2D eigenvalue weighted by molar-refractivity contribution is 6.08. The number of aryl methyl sites for hydroxylation is 1. The average Bonchev–Trinajstić information content (AvgIpc) is 2.55. The first-order valence-electron chi connectivity index (χ1n) is 7.68. The Labute approximate surface area is 129 Å². The number of carbonyl (C=O) groups is 1. The molecule has 0 bridgehead atoms. The number of hydrogen-bond donors (Lipinski definition) is 0. The predicted octanol–water partition coefficient (Wildman–Crippen LogP) is 3.24. The zero-order valence-electron chi connectivity index (χ0n) is 12.3. The Morgan fingerprint density at radius 3 is 2.77 bits per heavy atom. The molecule has 0 saturated carbocycles. The van der Waals surface area contributed by atoms with Crippen LogP contribution in [0.1, 0.15) is 22.3 Å². The molecule has 3 nitrogen and oxygen atoms in total. The second kappa shape index (κ2) is 5.13. The predicted molar refractivity (Wildman–Crippen MR) is 85.1 cm³/mol. The summed E-state index contributed by atoms with van der Waals surface area (Å²) in [6, 6.07) is 12.1. The van der Waals surface area contributed by atoms with Gasteiger partial charge in [0.1, 0.15) is 5.82 Å². The van der Waals surface area contributed by atoms with Crippen LogP contribution in [0.2, 0.25) is 0 Å². The maximum Gasteiger partial charge on any atom is 0.258 e. The highest BCUT2D eigenvalue weighted by Gasteiger charge is 2.30. The lowest BCUT2D eigenvalue weighted by Crippen LogP contribution is -2.46. The van der Waals surface area contributed by atoms with Gasteiger partial charge in [-0.05, 0) is 42.7 Å². The van der Waals surface area contributed by atoms with Crippen molar-refractivity contribution in [3.05, 3.63) is 59.4 Å². The van der Waals surface area contributed by atoms with E-state index in [0.29, 0.717) is 12.1 Å². The Morgan fingerprint density at radius 1 is 1.05 bits per heavy atom. The quantitative estimate of drug-likeness (QED) is 0.806. The molecule has 112 valence electrons. The van der Waals surface area contributed by atoms with Gasteiger partial charge in [0.2, 0.25) is 0 Å². The molecule has 2 aliphatic rings. The molecule has 0 spiro atoms. The Balaban J connectivity index is 1.76. The summed E-state index contributed by atoms with van der Waals surface area (Å²) >= 11 is 0. The summed E-state index contributed by atoms with van der Waals surface area (Å²) in [4.78, 5) is 16.9. The molecule has 1 amide bonds. The van der Waals surface area contributed by atoms with Crippen molar-refractivity contribution in [1.29, 1.82) is 0 Å². The van der Waals surface area contributed by atoms with Crippen molar-refractivity contribution in [3.63, 3.8) is 0 Å². The van der Waals surface area contributed by atoms with Gasteiger partial charge in [0.25, 0.3) is 5.91 Å². The van der Waals surface area contributed by atoms with E-state index < -0.39 is 0 Å². The van der Waals surface area contributed by atoms with Crippen molar-refractivity contribution in [2.24, 2.45) is 0 Å². The zero-order chi connectivity index (χ0) is 15.1. The minimum Gasteiger partial charge on any atom is -0.368 e. The van der Waals surface area contributed by atoms with Gasteiger partial charge in [-0.25, -0.2) is 4.39 Å². The molecule has 22 heavy (non-hydrogen) atoms. The van der Waals surface area contributed by atoms with Crippen molar-refractivity contribution in [1.82, 2.24) is 0 Å². The molecule has 0 N–H and O–H groups in total. The van der Waals surface area contributed by atoms with E-state index in [0.717, 1.165) is 31.6 Å². The number of anilines is 2.